The Morgan fingerprint density at radius 3 is 1.88 bits per heavy atom. The number of carbonyl (C=O) groups is 3. The molecular formula is C19H35NO6. The van der Waals surface area contributed by atoms with Crippen molar-refractivity contribution in [1.82, 2.24) is 4.90 Å². The van der Waals surface area contributed by atoms with Crippen molar-refractivity contribution < 1.29 is 28.6 Å². The third kappa shape index (κ3) is 7.62. The Kier molecular flexibility index (Phi) is 10.3. The lowest BCUT2D eigenvalue weighted by atomic mass is 9.75. The van der Waals surface area contributed by atoms with Crippen LogP contribution < -0.4 is 0 Å². The molecule has 0 N–H and O–H groups in total. The van der Waals surface area contributed by atoms with Crippen LogP contribution in [0.15, 0.2) is 0 Å². The van der Waals surface area contributed by atoms with Crippen LogP contribution in [0.4, 0.5) is 4.79 Å². The molecule has 7 heteroatoms. The molecule has 1 heterocycles. The van der Waals surface area contributed by atoms with Gasteiger partial charge in [0.15, 0.2) is 0 Å². The maximum Gasteiger partial charge on any atom is 0.410 e. The highest BCUT2D eigenvalue weighted by Gasteiger charge is 2.46. The van der Waals surface area contributed by atoms with Crippen molar-refractivity contribution >= 4 is 18.0 Å². The largest absolute Gasteiger partial charge is 0.466 e. The predicted molar refractivity (Wildman–Crippen MR) is 98.7 cm³/mol. The van der Waals surface area contributed by atoms with Crippen molar-refractivity contribution in [2.24, 2.45) is 5.41 Å². The van der Waals surface area contributed by atoms with Gasteiger partial charge in [0.25, 0.3) is 0 Å². The summed E-state index contributed by atoms with van der Waals surface area (Å²) in [6, 6.07) is 0. The highest BCUT2D eigenvalue weighted by Crippen LogP contribution is 2.37. The molecule has 7 nitrogen and oxygen atoms in total. The summed E-state index contributed by atoms with van der Waals surface area (Å²) < 4.78 is 15.5. The SMILES string of the molecule is CC.CCOC(=O)CC1(C(=O)OCC)CCN(C(=O)OC(C)(C)C)CC1. The highest BCUT2D eigenvalue weighted by atomic mass is 16.6. The van der Waals surface area contributed by atoms with Crippen molar-refractivity contribution in [2.45, 2.75) is 73.3 Å². The molecule has 0 saturated carbocycles. The van der Waals surface area contributed by atoms with Gasteiger partial charge >= 0.3 is 18.0 Å². The number of carbonyl (C=O) groups excluding carboxylic acids is 3. The average molecular weight is 373 g/mol. The third-order valence-corrected chi connectivity index (χ3v) is 3.87. The maximum atomic E-state index is 12.4. The van der Waals surface area contributed by atoms with Gasteiger partial charge in [0, 0.05) is 13.1 Å². The van der Waals surface area contributed by atoms with Crippen LogP contribution in [0, 0.1) is 5.41 Å². The smallest absolute Gasteiger partial charge is 0.410 e. The van der Waals surface area contributed by atoms with Crippen molar-refractivity contribution in [3.63, 3.8) is 0 Å². The minimum absolute atomic E-state index is 0.0260. The van der Waals surface area contributed by atoms with Gasteiger partial charge < -0.3 is 19.1 Å². The first-order valence-electron chi connectivity index (χ1n) is 9.44. The Morgan fingerprint density at radius 2 is 1.46 bits per heavy atom. The lowest BCUT2D eigenvalue weighted by Crippen LogP contribution is -2.49. The van der Waals surface area contributed by atoms with E-state index in [1.165, 1.54) is 0 Å². The molecule has 1 fully saturated rings. The van der Waals surface area contributed by atoms with E-state index in [4.69, 9.17) is 14.2 Å². The lowest BCUT2D eigenvalue weighted by Gasteiger charge is -2.39. The Balaban J connectivity index is 0.00000301. The predicted octanol–water partition coefficient (Wildman–Crippen LogP) is 3.55. The van der Waals surface area contributed by atoms with Gasteiger partial charge in [-0.1, -0.05) is 13.8 Å². The highest BCUT2D eigenvalue weighted by molar-refractivity contribution is 5.84. The number of piperidine rings is 1. The number of amides is 1. The van der Waals surface area contributed by atoms with Crippen LogP contribution >= 0.6 is 0 Å². The molecule has 152 valence electrons. The molecule has 0 spiro atoms. The number of nitrogens with zero attached hydrogens (tertiary/aromatic N) is 1. The minimum atomic E-state index is -0.930. The first kappa shape index (κ1) is 24.2. The van der Waals surface area contributed by atoms with Crippen LogP contribution in [0.3, 0.4) is 0 Å². The van der Waals surface area contributed by atoms with E-state index in [0.29, 0.717) is 25.9 Å². The van der Waals surface area contributed by atoms with E-state index < -0.39 is 29.0 Å². The number of ether oxygens (including phenoxy) is 3. The molecule has 0 aromatic carbocycles. The Hall–Kier alpha value is -1.79. The van der Waals surface area contributed by atoms with E-state index in [1.54, 1.807) is 39.5 Å². The molecule has 0 unspecified atom stereocenters. The normalized spacial score (nSPS) is 16.0. The topological polar surface area (TPSA) is 82.1 Å². The molecule has 1 amide bonds. The van der Waals surface area contributed by atoms with E-state index in [1.807, 2.05) is 13.8 Å². The quantitative estimate of drug-likeness (QED) is 0.541. The summed E-state index contributed by atoms with van der Waals surface area (Å²) in [5.74, 6) is -0.821. The van der Waals surface area contributed by atoms with Gasteiger partial charge in [-0.3, -0.25) is 9.59 Å². The Morgan fingerprint density at radius 1 is 0.962 bits per heavy atom. The van der Waals surface area contributed by atoms with Crippen molar-refractivity contribution in [1.29, 1.82) is 0 Å². The van der Waals surface area contributed by atoms with Crippen LogP contribution in [-0.4, -0.2) is 54.8 Å². The molecule has 1 aliphatic heterocycles. The van der Waals surface area contributed by atoms with Gasteiger partial charge in [-0.25, -0.2) is 4.79 Å². The van der Waals surface area contributed by atoms with E-state index in [0.717, 1.165) is 0 Å². The summed E-state index contributed by atoms with van der Waals surface area (Å²) in [6.45, 7) is 14.1. The second-order valence-electron chi connectivity index (χ2n) is 6.95. The maximum absolute atomic E-state index is 12.4. The van der Waals surface area contributed by atoms with E-state index in [2.05, 4.69) is 0 Å². The van der Waals surface area contributed by atoms with E-state index in [-0.39, 0.29) is 19.6 Å². The lowest BCUT2D eigenvalue weighted by molar-refractivity contribution is -0.165. The zero-order valence-electron chi connectivity index (χ0n) is 17.3. The Bertz CT molecular complexity index is 461. The fourth-order valence-electron chi connectivity index (χ4n) is 2.67. The third-order valence-electron chi connectivity index (χ3n) is 3.87. The molecule has 0 aromatic rings. The molecule has 0 aliphatic carbocycles. The van der Waals surface area contributed by atoms with Crippen molar-refractivity contribution in [2.75, 3.05) is 26.3 Å². The molecule has 1 rings (SSSR count). The van der Waals surface area contributed by atoms with Crippen molar-refractivity contribution in [3.8, 4) is 0 Å². The monoisotopic (exact) mass is 373 g/mol. The first-order chi connectivity index (χ1) is 12.1. The second kappa shape index (κ2) is 11.0. The molecule has 0 bridgehead atoms. The van der Waals surface area contributed by atoms with Crippen LogP contribution in [-0.2, 0) is 23.8 Å². The van der Waals surface area contributed by atoms with Gasteiger partial charge in [-0.2, -0.15) is 0 Å². The molecule has 1 saturated heterocycles. The zero-order valence-corrected chi connectivity index (χ0v) is 17.3. The number of hydrogen-bond acceptors (Lipinski definition) is 6. The van der Waals surface area contributed by atoms with Gasteiger partial charge in [-0.15, -0.1) is 0 Å². The summed E-state index contributed by atoms with van der Waals surface area (Å²) in [5, 5.41) is 0. The van der Waals surface area contributed by atoms with Crippen LogP contribution in [0.1, 0.15) is 67.7 Å². The molecule has 0 aromatic heterocycles. The fraction of sp³-hybridized carbons (Fsp3) is 0.842. The van der Waals surface area contributed by atoms with Gasteiger partial charge in [0.05, 0.1) is 25.0 Å². The van der Waals surface area contributed by atoms with Gasteiger partial charge in [0.1, 0.15) is 5.60 Å². The fourth-order valence-corrected chi connectivity index (χ4v) is 2.67. The number of likely N-dealkylation sites (tertiary alicyclic amines) is 1. The molecule has 26 heavy (non-hydrogen) atoms. The number of rotatable bonds is 5. The summed E-state index contributed by atoms with van der Waals surface area (Å²) in [6.07, 6.45) is 0.270. The summed E-state index contributed by atoms with van der Waals surface area (Å²) in [7, 11) is 0. The zero-order chi connectivity index (χ0) is 20.4. The van der Waals surface area contributed by atoms with E-state index >= 15 is 0 Å². The number of esters is 2. The molecular weight excluding hydrogens is 338 g/mol. The van der Waals surface area contributed by atoms with Gasteiger partial charge in [-0.05, 0) is 47.5 Å². The van der Waals surface area contributed by atoms with Crippen LogP contribution in [0.5, 0.6) is 0 Å². The summed E-state index contributed by atoms with van der Waals surface area (Å²) in [4.78, 5) is 38.0. The first-order valence-corrected chi connectivity index (χ1v) is 9.44. The average Bonchev–Trinajstić information content (AvgIpc) is 2.56. The van der Waals surface area contributed by atoms with Crippen molar-refractivity contribution in [3.05, 3.63) is 0 Å². The Labute approximate surface area is 157 Å². The van der Waals surface area contributed by atoms with Crippen LogP contribution in [0.25, 0.3) is 0 Å². The second-order valence-corrected chi connectivity index (χ2v) is 6.95. The summed E-state index contributed by atoms with van der Waals surface area (Å²) >= 11 is 0. The summed E-state index contributed by atoms with van der Waals surface area (Å²) in [5.41, 5.74) is -1.50. The molecule has 0 atom stereocenters. The molecule has 0 radical (unpaired) electrons. The number of hydrogen-bond donors (Lipinski definition) is 0. The minimum Gasteiger partial charge on any atom is -0.466 e. The van der Waals surface area contributed by atoms with E-state index in [9.17, 15) is 14.4 Å². The molecule has 1 aliphatic rings. The van der Waals surface area contributed by atoms with Gasteiger partial charge in [0.2, 0.25) is 0 Å². The van der Waals surface area contributed by atoms with Crippen LogP contribution in [0.2, 0.25) is 0 Å². The standard InChI is InChI=1S/C17H29NO6.C2H6/c1-6-22-13(19)12-17(14(20)23-7-2)8-10-18(11-9-17)15(21)24-16(3,4)5;1-2/h6-12H2,1-5H3;1-2H3.